The monoisotopic (exact) mass is 571 g/mol. The molecule has 2 heterocycles. The summed E-state index contributed by atoms with van der Waals surface area (Å²) in [6.45, 7) is 4.43. The molecule has 0 bridgehead atoms. The van der Waals surface area contributed by atoms with E-state index in [0.29, 0.717) is 46.6 Å². The standard InChI is InChI=1S/C31H30ClN5O4/c1-19(2)41-26-15-20(17-33)7-12-25(26)30-35-28(22-5-4-6-24(16-22)40-3)29(21-8-10-23(32)11-9-21)37(30)31(39)36-14-13-34-27(38)18-36/h4-12,15-16,19,28-29H,13-14,18H2,1-3H3,(H,34,38)/t28-,29+/m0/s1. The lowest BCUT2D eigenvalue weighted by atomic mass is 9.93. The Balaban J connectivity index is 1.73. The van der Waals surface area contributed by atoms with E-state index in [4.69, 9.17) is 26.1 Å². The predicted molar refractivity (Wildman–Crippen MR) is 155 cm³/mol. The van der Waals surface area contributed by atoms with Gasteiger partial charge < -0.3 is 19.7 Å². The molecule has 1 fully saturated rings. The van der Waals surface area contributed by atoms with Crippen LogP contribution in [0.25, 0.3) is 0 Å². The van der Waals surface area contributed by atoms with Crippen LogP contribution < -0.4 is 14.8 Å². The zero-order chi connectivity index (χ0) is 29.1. The van der Waals surface area contributed by atoms with Crippen LogP contribution in [-0.4, -0.2) is 60.4 Å². The molecule has 0 saturated carbocycles. The highest BCUT2D eigenvalue weighted by molar-refractivity contribution is 6.30. The number of amides is 3. The van der Waals surface area contributed by atoms with Crippen LogP contribution >= 0.6 is 11.6 Å². The maximum Gasteiger partial charge on any atom is 0.326 e. The van der Waals surface area contributed by atoms with E-state index < -0.39 is 12.1 Å². The van der Waals surface area contributed by atoms with Gasteiger partial charge in [0, 0.05) is 18.1 Å². The minimum absolute atomic E-state index is 0.0670. The summed E-state index contributed by atoms with van der Waals surface area (Å²) in [5.74, 6) is 1.26. The number of nitriles is 1. The fourth-order valence-corrected chi connectivity index (χ4v) is 5.23. The Morgan fingerprint density at radius 1 is 1.12 bits per heavy atom. The number of carbonyl (C=O) groups is 2. The molecule has 1 N–H and O–H groups in total. The molecule has 0 unspecified atom stereocenters. The SMILES string of the molecule is COc1cccc([C@@H]2N=C(c3ccc(C#N)cc3OC(C)C)N(C(=O)N3CCNC(=O)C3)[C@@H]2c2ccc(Cl)cc2)c1. The molecule has 210 valence electrons. The molecule has 0 aliphatic carbocycles. The maximum atomic E-state index is 14.4. The van der Waals surface area contributed by atoms with Crippen molar-refractivity contribution in [2.24, 2.45) is 4.99 Å². The van der Waals surface area contributed by atoms with Crippen molar-refractivity contribution in [1.82, 2.24) is 15.1 Å². The third-order valence-corrected chi connectivity index (χ3v) is 7.19. The van der Waals surface area contributed by atoms with Crippen LogP contribution in [0.5, 0.6) is 11.5 Å². The molecule has 3 amide bonds. The van der Waals surface area contributed by atoms with E-state index in [1.165, 1.54) is 4.90 Å². The van der Waals surface area contributed by atoms with Gasteiger partial charge in [-0.1, -0.05) is 35.9 Å². The molecule has 2 aliphatic rings. The van der Waals surface area contributed by atoms with Crippen molar-refractivity contribution in [3.05, 3.63) is 94.0 Å². The van der Waals surface area contributed by atoms with Crippen molar-refractivity contribution in [3.8, 4) is 17.6 Å². The zero-order valence-electron chi connectivity index (χ0n) is 23.0. The lowest BCUT2D eigenvalue weighted by molar-refractivity contribution is -0.123. The third kappa shape index (κ3) is 5.83. The minimum Gasteiger partial charge on any atom is -0.497 e. The van der Waals surface area contributed by atoms with Crippen LogP contribution in [0.3, 0.4) is 0 Å². The van der Waals surface area contributed by atoms with E-state index >= 15 is 0 Å². The quantitative estimate of drug-likeness (QED) is 0.443. The number of urea groups is 1. The van der Waals surface area contributed by atoms with Gasteiger partial charge >= 0.3 is 6.03 Å². The first-order chi connectivity index (χ1) is 19.8. The van der Waals surface area contributed by atoms with Crippen molar-refractivity contribution in [2.75, 3.05) is 26.7 Å². The number of hydrogen-bond acceptors (Lipinski definition) is 6. The summed E-state index contributed by atoms with van der Waals surface area (Å²) in [7, 11) is 1.60. The topological polar surface area (TPSA) is 107 Å². The second kappa shape index (κ2) is 11.9. The first-order valence-electron chi connectivity index (χ1n) is 13.3. The van der Waals surface area contributed by atoms with Gasteiger partial charge in [-0.05, 0) is 67.4 Å². The summed E-state index contributed by atoms with van der Waals surface area (Å²) in [6, 6.07) is 20.7. The fourth-order valence-electron chi connectivity index (χ4n) is 5.10. The van der Waals surface area contributed by atoms with Gasteiger partial charge in [-0.3, -0.25) is 14.7 Å². The van der Waals surface area contributed by atoms with Crippen LogP contribution in [-0.2, 0) is 4.79 Å². The molecule has 0 aromatic heterocycles. The Morgan fingerprint density at radius 2 is 1.90 bits per heavy atom. The van der Waals surface area contributed by atoms with E-state index in [1.807, 2.05) is 50.2 Å². The number of halogens is 1. The molecule has 2 atom stereocenters. The lowest BCUT2D eigenvalue weighted by Gasteiger charge is -2.36. The summed E-state index contributed by atoms with van der Waals surface area (Å²) in [6.07, 6.45) is -0.194. The number of ether oxygens (including phenoxy) is 2. The summed E-state index contributed by atoms with van der Waals surface area (Å²) in [5.41, 5.74) is 2.65. The minimum atomic E-state index is -0.575. The number of aliphatic imine (C=N–C) groups is 1. The molecule has 5 rings (SSSR count). The van der Waals surface area contributed by atoms with Crippen LogP contribution in [0.2, 0.25) is 5.02 Å². The normalized spacial score (nSPS) is 18.5. The van der Waals surface area contributed by atoms with E-state index in [0.717, 1.165) is 11.1 Å². The Labute approximate surface area is 243 Å². The molecule has 3 aromatic rings. The largest absolute Gasteiger partial charge is 0.497 e. The van der Waals surface area contributed by atoms with Gasteiger partial charge in [0.25, 0.3) is 0 Å². The van der Waals surface area contributed by atoms with Gasteiger partial charge in [-0.15, -0.1) is 0 Å². The van der Waals surface area contributed by atoms with Gasteiger partial charge in [0.1, 0.15) is 29.9 Å². The number of hydrogen-bond donors (Lipinski definition) is 1. The van der Waals surface area contributed by atoms with Gasteiger partial charge in [-0.25, -0.2) is 4.79 Å². The number of nitrogens with one attached hydrogen (secondary N) is 1. The van der Waals surface area contributed by atoms with Crippen LogP contribution in [0, 0.1) is 11.3 Å². The first kappa shape index (κ1) is 28.0. The van der Waals surface area contributed by atoms with Crippen LogP contribution in [0.4, 0.5) is 4.79 Å². The van der Waals surface area contributed by atoms with E-state index in [1.54, 1.807) is 42.3 Å². The maximum absolute atomic E-state index is 14.4. The Hall–Kier alpha value is -4.55. The molecule has 9 nitrogen and oxygen atoms in total. The van der Waals surface area contributed by atoms with Crippen LogP contribution in [0.15, 0.2) is 71.7 Å². The average molecular weight is 572 g/mol. The van der Waals surface area contributed by atoms with Gasteiger partial charge in [-0.2, -0.15) is 5.26 Å². The van der Waals surface area contributed by atoms with Crippen molar-refractivity contribution in [3.63, 3.8) is 0 Å². The molecule has 2 aliphatic heterocycles. The van der Waals surface area contributed by atoms with E-state index in [-0.39, 0.29) is 24.6 Å². The molecule has 1 saturated heterocycles. The summed E-state index contributed by atoms with van der Waals surface area (Å²) in [4.78, 5) is 35.0. The molecule has 0 spiro atoms. The predicted octanol–water partition coefficient (Wildman–Crippen LogP) is 5.10. The third-order valence-electron chi connectivity index (χ3n) is 6.94. The fraction of sp³-hybridized carbons (Fsp3) is 0.290. The molecular formula is C31H30ClN5O4. The molecule has 3 aromatic carbocycles. The van der Waals surface area contributed by atoms with E-state index in [2.05, 4.69) is 11.4 Å². The number of piperazine rings is 1. The number of rotatable bonds is 6. The van der Waals surface area contributed by atoms with Gasteiger partial charge in [0.05, 0.1) is 36.5 Å². The van der Waals surface area contributed by atoms with Crippen molar-refractivity contribution in [2.45, 2.75) is 32.0 Å². The lowest BCUT2D eigenvalue weighted by Crippen LogP contribution is -2.55. The Bertz CT molecular complexity index is 1530. The highest BCUT2D eigenvalue weighted by Gasteiger charge is 2.45. The number of amidine groups is 1. The van der Waals surface area contributed by atoms with Gasteiger partial charge in [0.2, 0.25) is 5.91 Å². The molecule has 10 heteroatoms. The highest BCUT2D eigenvalue weighted by atomic mass is 35.5. The smallest absolute Gasteiger partial charge is 0.326 e. The highest BCUT2D eigenvalue weighted by Crippen LogP contribution is 2.46. The summed E-state index contributed by atoms with van der Waals surface area (Å²) in [5, 5.41) is 12.9. The molecule has 0 radical (unpaired) electrons. The number of benzene rings is 3. The summed E-state index contributed by atoms with van der Waals surface area (Å²) < 4.78 is 11.6. The first-order valence-corrected chi connectivity index (χ1v) is 13.7. The molecule has 41 heavy (non-hydrogen) atoms. The molecular weight excluding hydrogens is 542 g/mol. The van der Waals surface area contributed by atoms with Crippen molar-refractivity contribution < 1.29 is 19.1 Å². The number of nitrogens with zero attached hydrogens (tertiary/aromatic N) is 4. The second-order valence-electron chi connectivity index (χ2n) is 10.1. The van der Waals surface area contributed by atoms with E-state index in [9.17, 15) is 14.9 Å². The van der Waals surface area contributed by atoms with Gasteiger partial charge in [0.15, 0.2) is 0 Å². The number of carbonyl (C=O) groups excluding carboxylic acids is 2. The number of methoxy groups -OCH3 is 1. The van der Waals surface area contributed by atoms with Crippen LogP contribution in [0.1, 0.15) is 48.2 Å². The Kier molecular flexibility index (Phi) is 8.13. The second-order valence-corrected chi connectivity index (χ2v) is 10.5. The summed E-state index contributed by atoms with van der Waals surface area (Å²) >= 11 is 6.25. The Morgan fingerprint density at radius 3 is 2.59 bits per heavy atom. The van der Waals surface area contributed by atoms with Crippen molar-refractivity contribution in [1.29, 1.82) is 5.26 Å². The van der Waals surface area contributed by atoms with Crippen molar-refractivity contribution >= 4 is 29.4 Å². The average Bonchev–Trinajstić information content (AvgIpc) is 3.37. The zero-order valence-corrected chi connectivity index (χ0v) is 23.8.